The average Bonchev–Trinajstić information content (AvgIpc) is 2.97. The van der Waals surface area contributed by atoms with Crippen molar-refractivity contribution in [2.45, 2.75) is 12.8 Å². The molecule has 4 rings (SSSR count). The first-order valence-electron chi connectivity index (χ1n) is 13.3. The minimum atomic E-state index is -4.03. The van der Waals surface area contributed by atoms with Gasteiger partial charge < -0.3 is 10.9 Å². The van der Waals surface area contributed by atoms with Gasteiger partial charge in [0.25, 0.3) is 20.2 Å². The molecule has 0 aliphatic rings. The topological polar surface area (TPSA) is 127 Å². The first-order valence-corrected chi connectivity index (χ1v) is 16.5. The van der Waals surface area contributed by atoms with Crippen LogP contribution in [0.1, 0.15) is 36.5 Å². The largest absolute Gasteiger partial charge is 1.00 e. The van der Waals surface area contributed by atoms with E-state index >= 15 is 0 Å². The second-order valence-electron chi connectivity index (χ2n) is 9.51. The zero-order valence-corrected chi connectivity index (χ0v) is 27.4. The molecule has 0 aliphatic heterocycles. The van der Waals surface area contributed by atoms with E-state index in [0.717, 1.165) is 33.4 Å². The molecule has 0 saturated heterocycles. The molecule has 0 aromatic heterocycles. The Bertz CT molecular complexity index is 1570. The minimum Gasteiger partial charge on any atom is -1.00 e. The van der Waals surface area contributed by atoms with Crippen molar-refractivity contribution in [3.05, 3.63) is 131 Å². The van der Waals surface area contributed by atoms with Crippen LogP contribution in [0.3, 0.4) is 0 Å². The van der Waals surface area contributed by atoms with Gasteiger partial charge in [-0.2, -0.15) is 16.8 Å². The van der Waals surface area contributed by atoms with E-state index in [-0.39, 0.29) is 68.5 Å². The number of hydrogen-bond acceptors (Lipinski definition) is 6. The Hall–Kier alpha value is -2.96. The third-order valence-corrected chi connectivity index (χ3v) is 7.90. The predicted molar refractivity (Wildman–Crippen MR) is 165 cm³/mol. The summed E-state index contributed by atoms with van der Waals surface area (Å²) in [6.45, 7) is 0.306. The second kappa shape index (κ2) is 16.2. The molecule has 0 radical (unpaired) electrons. The van der Waals surface area contributed by atoms with Crippen molar-refractivity contribution in [2.24, 2.45) is 0 Å². The van der Waals surface area contributed by atoms with E-state index < -0.39 is 20.2 Å². The molecule has 43 heavy (non-hydrogen) atoms. The van der Waals surface area contributed by atoms with E-state index in [9.17, 15) is 16.8 Å². The first-order chi connectivity index (χ1) is 20.1. The number of ether oxygens (including phenoxy) is 2. The number of hydrogen-bond donors (Lipinski definition) is 2. The van der Waals surface area contributed by atoms with Crippen LogP contribution in [0.2, 0.25) is 0 Å². The molecule has 0 aliphatic carbocycles. The molecule has 222 valence electrons. The molecular weight excluding hydrogens is 599 g/mol. The minimum absolute atomic E-state index is 0. The van der Waals surface area contributed by atoms with Gasteiger partial charge in [-0.25, -0.2) is 0 Å². The third-order valence-electron chi connectivity index (χ3n) is 6.29. The predicted octanol–water partition coefficient (Wildman–Crippen LogP) is 3.12. The SMILES string of the molecule is O=S(=O)(O)CCCOc1ccc(C(=C(c2ccccc2)c2ccc(OCCCS(=O)(=O)O)cc2)c2ccccc2)cc1.[H-].[Na+]. The molecular formula is C32H33NaO8S2. The molecule has 4 aromatic carbocycles. The van der Waals surface area contributed by atoms with Gasteiger partial charge in [-0.05, 0) is 70.5 Å². The molecule has 0 amide bonds. The Morgan fingerprint density at radius 3 is 1.12 bits per heavy atom. The van der Waals surface area contributed by atoms with Crippen molar-refractivity contribution in [3.8, 4) is 11.5 Å². The third kappa shape index (κ3) is 11.2. The smallest absolute Gasteiger partial charge is 1.00 e. The maximum Gasteiger partial charge on any atom is 1.00 e. The summed E-state index contributed by atoms with van der Waals surface area (Å²) < 4.78 is 73.1. The first kappa shape index (κ1) is 34.5. The van der Waals surface area contributed by atoms with Gasteiger partial charge in [-0.15, -0.1) is 0 Å². The summed E-state index contributed by atoms with van der Waals surface area (Å²) in [7, 11) is -8.06. The molecule has 0 bridgehead atoms. The summed E-state index contributed by atoms with van der Waals surface area (Å²) in [4.78, 5) is 0. The molecule has 0 saturated carbocycles. The second-order valence-corrected chi connectivity index (χ2v) is 12.7. The van der Waals surface area contributed by atoms with Gasteiger partial charge in [0.05, 0.1) is 24.7 Å². The van der Waals surface area contributed by atoms with Crippen LogP contribution >= 0.6 is 0 Å². The Morgan fingerprint density at radius 2 is 0.814 bits per heavy atom. The molecule has 0 atom stereocenters. The monoisotopic (exact) mass is 632 g/mol. The number of rotatable bonds is 14. The van der Waals surface area contributed by atoms with E-state index in [1.807, 2.05) is 109 Å². The normalized spacial score (nSPS) is 12.1. The standard InChI is InChI=1S/C32H32O8S2.Na.H/c33-41(34,35)23-7-21-39-29-17-13-27(14-18-29)31(25-9-3-1-4-10-25)32(26-11-5-2-6-12-26)28-15-19-30(20-16-28)40-22-8-24-42(36,37)38;;/h1-6,9-20H,7-8,21-24H2,(H,33,34,35)(H,36,37,38);;/q;+1;-1. The summed E-state index contributed by atoms with van der Waals surface area (Å²) in [5.74, 6) is 0.443. The maximum atomic E-state index is 11.0. The van der Waals surface area contributed by atoms with Crippen LogP contribution in [-0.2, 0) is 20.2 Å². The molecule has 0 fully saturated rings. The van der Waals surface area contributed by atoms with Gasteiger partial charge in [0.2, 0.25) is 0 Å². The Labute approximate surface area is 276 Å². The summed E-state index contributed by atoms with van der Waals surface area (Å²) in [6.07, 6.45) is 0.350. The van der Waals surface area contributed by atoms with Crippen molar-refractivity contribution in [2.75, 3.05) is 24.7 Å². The fourth-order valence-electron chi connectivity index (χ4n) is 4.42. The molecule has 2 N–H and O–H groups in total. The van der Waals surface area contributed by atoms with E-state index in [4.69, 9.17) is 18.6 Å². The molecule has 4 aromatic rings. The van der Waals surface area contributed by atoms with Gasteiger partial charge in [0.1, 0.15) is 11.5 Å². The Balaban J connectivity index is 0.00000337. The maximum absolute atomic E-state index is 11.0. The summed E-state index contributed by atoms with van der Waals surface area (Å²) in [5, 5.41) is 0. The summed E-state index contributed by atoms with van der Waals surface area (Å²) in [6, 6.07) is 35.2. The fraction of sp³-hybridized carbons (Fsp3) is 0.188. The summed E-state index contributed by atoms with van der Waals surface area (Å²) >= 11 is 0. The van der Waals surface area contributed by atoms with Crippen LogP contribution in [0.4, 0.5) is 0 Å². The number of benzene rings is 4. The van der Waals surface area contributed by atoms with Crippen LogP contribution in [-0.4, -0.2) is 50.7 Å². The van der Waals surface area contributed by atoms with Crippen LogP contribution in [0, 0.1) is 0 Å². The Kier molecular flexibility index (Phi) is 13.0. The van der Waals surface area contributed by atoms with Crippen molar-refractivity contribution >= 4 is 31.4 Å². The van der Waals surface area contributed by atoms with E-state index in [2.05, 4.69) is 0 Å². The quantitative estimate of drug-likeness (QED) is 0.0940. The van der Waals surface area contributed by atoms with Gasteiger partial charge in [-0.1, -0.05) is 84.9 Å². The van der Waals surface area contributed by atoms with Crippen LogP contribution < -0.4 is 39.0 Å². The van der Waals surface area contributed by atoms with Gasteiger partial charge in [0, 0.05) is 0 Å². The zero-order valence-electron chi connectivity index (χ0n) is 24.8. The van der Waals surface area contributed by atoms with Crippen molar-refractivity contribution in [1.29, 1.82) is 0 Å². The molecule has 0 unspecified atom stereocenters. The molecule has 0 heterocycles. The van der Waals surface area contributed by atoms with Gasteiger partial charge in [-0.3, -0.25) is 9.11 Å². The van der Waals surface area contributed by atoms with Gasteiger partial charge >= 0.3 is 29.6 Å². The van der Waals surface area contributed by atoms with Crippen molar-refractivity contribution in [1.82, 2.24) is 0 Å². The van der Waals surface area contributed by atoms with Gasteiger partial charge in [0.15, 0.2) is 0 Å². The van der Waals surface area contributed by atoms with E-state index in [1.165, 1.54) is 0 Å². The Morgan fingerprint density at radius 1 is 0.512 bits per heavy atom. The van der Waals surface area contributed by atoms with Crippen LogP contribution in [0.15, 0.2) is 109 Å². The van der Waals surface area contributed by atoms with Crippen LogP contribution in [0.5, 0.6) is 11.5 Å². The molecule has 0 spiro atoms. The van der Waals surface area contributed by atoms with E-state index in [1.54, 1.807) is 0 Å². The molecule has 8 nitrogen and oxygen atoms in total. The average molecular weight is 633 g/mol. The van der Waals surface area contributed by atoms with Crippen LogP contribution in [0.25, 0.3) is 11.1 Å². The zero-order chi connectivity index (χ0) is 30.0. The van der Waals surface area contributed by atoms with E-state index in [0.29, 0.717) is 11.5 Å². The fourth-order valence-corrected chi connectivity index (χ4v) is 5.38. The van der Waals surface area contributed by atoms with Crippen molar-refractivity contribution in [3.63, 3.8) is 0 Å². The molecule has 11 heteroatoms. The van der Waals surface area contributed by atoms with Crippen molar-refractivity contribution < 1.29 is 66.4 Å². The summed E-state index contributed by atoms with van der Waals surface area (Å²) in [5.41, 5.74) is 5.86.